The van der Waals surface area contributed by atoms with E-state index in [-0.39, 0.29) is 48.6 Å². The molecule has 0 spiro atoms. The van der Waals surface area contributed by atoms with E-state index in [9.17, 15) is 9.18 Å². The number of halogens is 3. The fraction of sp³-hybridized carbons (Fsp3) is 0.474. The van der Waals surface area contributed by atoms with Crippen LogP contribution in [-0.4, -0.2) is 34.4 Å². The van der Waals surface area contributed by atoms with Crippen LogP contribution >= 0.6 is 36.2 Å². The fourth-order valence-corrected chi connectivity index (χ4v) is 4.19. The Hall–Kier alpha value is -1.21. The Bertz CT molecular complexity index is 724. The van der Waals surface area contributed by atoms with Crippen LogP contribution in [0.3, 0.4) is 0 Å². The van der Waals surface area contributed by atoms with Crippen LogP contribution in [0, 0.1) is 5.82 Å². The number of carbonyl (C=O) groups excluding carboxylic acids is 1. The molecule has 4 nitrogen and oxygen atoms in total. The highest BCUT2D eigenvalue weighted by molar-refractivity contribution is 7.09. The minimum Gasteiger partial charge on any atom is -0.338 e. The van der Waals surface area contributed by atoms with Gasteiger partial charge < -0.3 is 10.6 Å². The van der Waals surface area contributed by atoms with Crippen molar-refractivity contribution in [2.24, 2.45) is 5.73 Å². The largest absolute Gasteiger partial charge is 0.338 e. The van der Waals surface area contributed by atoms with Crippen LogP contribution < -0.4 is 5.73 Å². The van der Waals surface area contributed by atoms with Gasteiger partial charge in [-0.3, -0.25) is 4.79 Å². The first-order chi connectivity index (χ1) is 12.0. The number of nitrogens with zero attached hydrogens (tertiary/aromatic N) is 2. The Kier molecular flexibility index (Phi) is 9.67. The number of likely N-dealkylation sites (tertiary alicyclic amines) is 1. The van der Waals surface area contributed by atoms with Crippen molar-refractivity contribution in [2.75, 3.05) is 6.54 Å². The zero-order valence-corrected chi connectivity index (χ0v) is 17.7. The average Bonchev–Trinajstić information content (AvgIpc) is 3.03. The minimum atomic E-state index is -0.237. The highest BCUT2D eigenvalue weighted by Gasteiger charge is 2.29. The van der Waals surface area contributed by atoms with Gasteiger partial charge in [-0.25, -0.2) is 9.37 Å². The molecule has 1 fully saturated rings. The molecule has 8 heteroatoms. The predicted molar refractivity (Wildman–Crippen MR) is 113 cm³/mol. The number of aromatic nitrogens is 1. The first-order valence-corrected chi connectivity index (χ1v) is 9.63. The van der Waals surface area contributed by atoms with Crippen LogP contribution in [0.1, 0.15) is 42.5 Å². The summed E-state index contributed by atoms with van der Waals surface area (Å²) in [7, 11) is 0. The first kappa shape index (κ1) is 23.8. The van der Waals surface area contributed by atoms with E-state index >= 15 is 0 Å². The van der Waals surface area contributed by atoms with Gasteiger partial charge >= 0.3 is 0 Å². The van der Waals surface area contributed by atoms with Gasteiger partial charge in [-0.15, -0.1) is 36.2 Å². The third kappa shape index (κ3) is 6.42. The molecule has 1 saturated heterocycles. The number of hydrogen-bond acceptors (Lipinski definition) is 4. The molecule has 2 atom stereocenters. The van der Waals surface area contributed by atoms with Crippen molar-refractivity contribution in [2.45, 2.75) is 51.1 Å². The molecule has 1 aliphatic heterocycles. The smallest absolute Gasteiger partial charge is 0.228 e. The second-order valence-corrected chi connectivity index (χ2v) is 7.66. The second-order valence-electron chi connectivity index (χ2n) is 6.72. The molecule has 0 radical (unpaired) electrons. The van der Waals surface area contributed by atoms with E-state index in [1.165, 1.54) is 12.1 Å². The van der Waals surface area contributed by atoms with Gasteiger partial charge in [0, 0.05) is 30.4 Å². The molecule has 0 bridgehead atoms. The van der Waals surface area contributed by atoms with Crippen molar-refractivity contribution in [1.29, 1.82) is 0 Å². The summed E-state index contributed by atoms with van der Waals surface area (Å²) >= 11 is 1.54. The molecule has 27 heavy (non-hydrogen) atoms. The topological polar surface area (TPSA) is 59.2 Å². The Morgan fingerprint density at radius 3 is 2.70 bits per heavy atom. The summed E-state index contributed by atoms with van der Waals surface area (Å²) < 4.78 is 13.0. The number of amides is 1. The molecule has 1 aromatic carbocycles. The van der Waals surface area contributed by atoms with Crippen molar-refractivity contribution >= 4 is 42.1 Å². The minimum absolute atomic E-state index is 0. The number of piperidine rings is 1. The monoisotopic (exact) mass is 433 g/mol. The van der Waals surface area contributed by atoms with Crippen LogP contribution in [0.2, 0.25) is 0 Å². The van der Waals surface area contributed by atoms with E-state index in [1.807, 2.05) is 17.2 Å². The number of rotatable bonds is 5. The lowest BCUT2D eigenvalue weighted by Gasteiger charge is -2.38. The second kappa shape index (κ2) is 11.0. The summed E-state index contributed by atoms with van der Waals surface area (Å²) in [5.41, 5.74) is 7.88. The number of carbonyl (C=O) groups is 1. The highest BCUT2D eigenvalue weighted by Crippen LogP contribution is 2.21. The number of thiazole rings is 1. The zero-order chi connectivity index (χ0) is 17.8. The Balaban J connectivity index is 0.00000182. The molecule has 150 valence electrons. The van der Waals surface area contributed by atoms with Gasteiger partial charge in [0.15, 0.2) is 0 Å². The van der Waals surface area contributed by atoms with E-state index < -0.39 is 0 Å². The standard InChI is InChI=1S/C19H24FN3OS.2ClH/c1-13(21)17-4-2-3-9-23(17)19(24)11-16-12-25-18(22-16)10-14-5-7-15(20)8-6-14;;/h5-8,12-13,17H,2-4,9-11,21H2,1H3;2*1H. The lowest BCUT2D eigenvalue weighted by molar-refractivity contribution is -0.134. The van der Waals surface area contributed by atoms with Crippen LogP contribution in [0.5, 0.6) is 0 Å². The summed E-state index contributed by atoms with van der Waals surface area (Å²) in [6.45, 7) is 2.76. The van der Waals surface area contributed by atoms with E-state index in [0.717, 1.165) is 42.1 Å². The maximum atomic E-state index is 13.0. The molecule has 2 heterocycles. The lowest BCUT2D eigenvalue weighted by atomic mass is 9.96. The van der Waals surface area contributed by atoms with E-state index in [0.29, 0.717) is 12.8 Å². The normalized spacial score (nSPS) is 17.6. The molecule has 3 rings (SSSR count). The van der Waals surface area contributed by atoms with Crippen LogP contribution in [0.4, 0.5) is 4.39 Å². The van der Waals surface area contributed by atoms with Gasteiger partial charge in [-0.2, -0.15) is 0 Å². The third-order valence-electron chi connectivity index (χ3n) is 4.68. The van der Waals surface area contributed by atoms with Crippen LogP contribution in [0.15, 0.2) is 29.6 Å². The van der Waals surface area contributed by atoms with Gasteiger partial charge in [-0.1, -0.05) is 12.1 Å². The molecule has 1 amide bonds. The van der Waals surface area contributed by atoms with E-state index in [4.69, 9.17) is 5.73 Å². The zero-order valence-electron chi connectivity index (χ0n) is 15.3. The Morgan fingerprint density at radius 1 is 1.33 bits per heavy atom. The van der Waals surface area contributed by atoms with Gasteiger partial charge in [0.2, 0.25) is 5.91 Å². The van der Waals surface area contributed by atoms with Crippen molar-refractivity contribution < 1.29 is 9.18 Å². The molecule has 1 aliphatic rings. The number of hydrogen-bond donors (Lipinski definition) is 1. The molecule has 0 saturated carbocycles. The third-order valence-corrected chi connectivity index (χ3v) is 5.57. The summed E-state index contributed by atoms with van der Waals surface area (Å²) in [4.78, 5) is 19.2. The summed E-state index contributed by atoms with van der Waals surface area (Å²) in [6.07, 6.45) is 4.14. The van der Waals surface area contributed by atoms with Gasteiger partial charge in [-0.05, 0) is 43.9 Å². The predicted octanol–water partition coefficient (Wildman–Crippen LogP) is 3.99. The summed E-state index contributed by atoms with van der Waals surface area (Å²) in [5.74, 6) is -0.125. The molecule has 1 aromatic heterocycles. The molecular formula is C19H26Cl2FN3OS. The lowest BCUT2D eigenvalue weighted by Crippen LogP contribution is -2.52. The van der Waals surface area contributed by atoms with Crippen molar-refractivity contribution in [3.63, 3.8) is 0 Å². The van der Waals surface area contributed by atoms with Crippen molar-refractivity contribution in [3.8, 4) is 0 Å². The summed E-state index contributed by atoms with van der Waals surface area (Å²) in [5, 5.41) is 2.89. The van der Waals surface area contributed by atoms with Gasteiger partial charge in [0.1, 0.15) is 5.82 Å². The van der Waals surface area contributed by atoms with Crippen LogP contribution in [-0.2, 0) is 17.6 Å². The SMILES string of the molecule is CC(N)C1CCCCN1C(=O)Cc1csc(Cc2ccc(F)cc2)n1.Cl.Cl. The molecule has 2 aromatic rings. The fourth-order valence-electron chi connectivity index (χ4n) is 3.36. The van der Waals surface area contributed by atoms with Crippen molar-refractivity contribution in [3.05, 3.63) is 51.7 Å². The molecule has 0 aliphatic carbocycles. The highest BCUT2D eigenvalue weighted by atomic mass is 35.5. The number of benzene rings is 1. The van der Waals surface area contributed by atoms with Crippen LogP contribution in [0.25, 0.3) is 0 Å². The first-order valence-electron chi connectivity index (χ1n) is 8.75. The molecular weight excluding hydrogens is 408 g/mol. The van der Waals surface area contributed by atoms with E-state index in [1.54, 1.807) is 23.5 Å². The average molecular weight is 434 g/mol. The summed E-state index contributed by atoms with van der Waals surface area (Å²) in [6, 6.07) is 6.58. The molecule has 2 unspecified atom stereocenters. The van der Waals surface area contributed by atoms with Gasteiger partial charge in [0.05, 0.1) is 17.1 Å². The van der Waals surface area contributed by atoms with E-state index in [2.05, 4.69) is 4.98 Å². The maximum Gasteiger partial charge on any atom is 0.228 e. The Morgan fingerprint density at radius 2 is 2.04 bits per heavy atom. The maximum absolute atomic E-state index is 13.0. The Labute approximate surface area is 176 Å². The van der Waals surface area contributed by atoms with Gasteiger partial charge in [0.25, 0.3) is 0 Å². The van der Waals surface area contributed by atoms with Crippen molar-refractivity contribution in [1.82, 2.24) is 9.88 Å². The number of nitrogens with two attached hydrogens (primary N) is 1. The quantitative estimate of drug-likeness (QED) is 0.774. The molecule has 2 N–H and O–H groups in total.